The molecule has 3 aromatic rings. The van der Waals surface area contributed by atoms with Crippen LogP contribution in [0.5, 0.6) is 5.75 Å². The van der Waals surface area contributed by atoms with Crippen LogP contribution in [0.25, 0.3) is 22.0 Å². The van der Waals surface area contributed by atoms with Gasteiger partial charge in [-0.2, -0.15) is 5.10 Å². The number of rotatable bonds is 4. The van der Waals surface area contributed by atoms with Crippen LogP contribution in [0.1, 0.15) is 18.0 Å². The largest absolute Gasteiger partial charge is 0.496 e. The lowest BCUT2D eigenvalue weighted by molar-refractivity contribution is -0.125. The van der Waals surface area contributed by atoms with E-state index in [0.717, 1.165) is 28.6 Å². The Kier molecular flexibility index (Phi) is 4.63. The zero-order chi connectivity index (χ0) is 19.8. The average Bonchev–Trinajstić information content (AvgIpc) is 3.29. The number of methoxy groups -OCH3 is 1. The third-order valence-corrected chi connectivity index (χ3v) is 5.43. The molecule has 0 aliphatic carbocycles. The molecule has 1 unspecified atom stereocenters. The summed E-state index contributed by atoms with van der Waals surface area (Å²) in [6, 6.07) is 10.6. The summed E-state index contributed by atoms with van der Waals surface area (Å²) in [5.41, 5.74) is 3.06. The van der Waals surface area contributed by atoms with Crippen molar-refractivity contribution in [3.8, 4) is 16.9 Å². The summed E-state index contributed by atoms with van der Waals surface area (Å²) in [6.07, 6.45) is 2.24. The number of benzene rings is 2. The lowest BCUT2D eigenvalue weighted by Crippen LogP contribution is -2.26. The number of carbonyl (C=O) groups is 1. The monoisotopic (exact) mass is 379 g/mol. The molecule has 1 aliphatic heterocycles. The van der Waals surface area contributed by atoms with Crippen molar-refractivity contribution in [2.24, 2.45) is 7.05 Å². The molecule has 1 aliphatic rings. The van der Waals surface area contributed by atoms with Gasteiger partial charge in [0.15, 0.2) is 0 Å². The molecule has 144 valence electrons. The molecular weight excluding hydrogens is 357 g/mol. The number of nitrogens with zero attached hydrogens (tertiary/aromatic N) is 3. The highest BCUT2D eigenvalue weighted by Crippen LogP contribution is 2.37. The minimum absolute atomic E-state index is 0.0390. The van der Waals surface area contributed by atoms with Gasteiger partial charge in [0.1, 0.15) is 11.6 Å². The quantitative estimate of drug-likeness (QED) is 0.646. The Hall–Kier alpha value is -3.15. The van der Waals surface area contributed by atoms with Crippen LogP contribution in [-0.4, -0.2) is 40.8 Å². The fourth-order valence-electron chi connectivity index (χ4n) is 4.13. The number of halogens is 1. The zero-order valence-electron chi connectivity index (χ0n) is 16.0. The van der Waals surface area contributed by atoms with E-state index >= 15 is 0 Å². The van der Waals surface area contributed by atoms with Crippen LogP contribution in [0.2, 0.25) is 0 Å². The molecule has 2 heterocycles. The van der Waals surface area contributed by atoms with Gasteiger partial charge in [-0.25, -0.2) is 4.39 Å². The molecule has 1 atom stereocenters. The number of ether oxygens (including phenoxy) is 1. The second-order valence-electron chi connectivity index (χ2n) is 7.03. The zero-order valence-corrected chi connectivity index (χ0v) is 16.0. The lowest BCUT2D eigenvalue weighted by atomic mass is 9.98. The predicted octanol–water partition coefficient (Wildman–Crippen LogP) is 3.89. The maximum absolute atomic E-state index is 14.5. The Balaban J connectivity index is 1.75. The standard InChI is InChI=1S/C22H22FN3O2/c1-4-20(27)26-11-10-15(13-26)22-16-9-8-14(12-18(16)24-25(22)2)21-17(23)6-5-7-19(21)28-3/h4-9,12,15H,1,10-11,13H2,2-3H3. The molecule has 2 aromatic carbocycles. The second kappa shape index (κ2) is 7.11. The highest BCUT2D eigenvalue weighted by molar-refractivity contribution is 5.89. The van der Waals surface area contributed by atoms with Gasteiger partial charge in [-0.05, 0) is 36.3 Å². The van der Waals surface area contributed by atoms with Gasteiger partial charge in [0.25, 0.3) is 0 Å². The van der Waals surface area contributed by atoms with Gasteiger partial charge in [0.2, 0.25) is 5.91 Å². The predicted molar refractivity (Wildman–Crippen MR) is 107 cm³/mol. The Morgan fingerprint density at radius 3 is 2.93 bits per heavy atom. The number of hydrogen-bond acceptors (Lipinski definition) is 3. The van der Waals surface area contributed by atoms with Crippen molar-refractivity contribution in [2.45, 2.75) is 12.3 Å². The van der Waals surface area contributed by atoms with Crippen molar-refractivity contribution < 1.29 is 13.9 Å². The number of aryl methyl sites for hydroxylation is 1. The fourth-order valence-corrected chi connectivity index (χ4v) is 4.13. The summed E-state index contributed by atoms with van der Waals surface area (Å²) in [5.74, 6) is 0.338. The van der Waals surface area contributed by atoms with Crippen molar-refractivity contribution in [2.75, 3.05) is 20.2 Å². The molecule has 1 amide bonds. The first kappa shape index (κ1) is 18.2. The molecule has 0 bridgehead atoms. The maximum atomic E-state index is 14.5. The normalized spacial score (nSPS) is 16.5. The van der Waals surface area contributed by atoms with Crippen LogP contribution >= 0.6 is 0 Å². The van der Waals surface area contributed by atoms with Gasteiger partial charge < -0.3 is 9.64 Å². The maximum Gasteiger partial charge on any atom is 0.245 e. The number of fused-ring (bicyclic) bond motifs is 1. The smallest absolute Gasteiger partial charge is 0.245 e. The van der Waals surface area contributed by atoms with Crippen LogP contribution in [0.15, 0.2) is 49.1 Å². The van der Waals surface area contributed by atoms with E-state index in [1.165, 1.54) is 19.3 Å². The van der Waals surface area contributed by atoms with E-state index in [4.69, 9.17) is 4.74 Å². The Bertz CT molecular complexity index is 1070. The molecule has 1 fully saturated rings. The molecule has 1 aromatic heterocycles. The number of amides is 1. The molecule has 1 saturated heterocycles. The van der Waals surface area contributed by atoms with Crippen molar-refractivity contribution in [3.63, 3.8) is 0 Å². The third kappa shape index (κ3) is 2.95. The van der Waals surface area contributed by atoms with Crippen LogP contribution in [0.4, 0.5) is 4.39 Å². The van der Waals surface area contributed by atoms with Gasteiger partial charge in [-0.3, -0.25) is 9.48 Å². The highest BCUT2D eigenvalue weighted by Gasteiger charge is 2.29. The first-order valence-corrected chi connectivity index (χ1v) is 9.24. The summed E-state index contributed by atoms with van der Waals surface area (Å²) in [6.45, 7) is 4.94. The molecule has 28 heavy (non-hydrogen) atoms. The number of likely N-dealkylation sites (tertiary alicyclic amines) is 1. The van der Waals surface area contributed by atoms with Crippen molar-refractivity contribution in [1.82, 2.24) is 14.7 Å². The van der Waals surface area contributed by atoms with Crippen molar-refractivity contribution >= 4 is 16.8 Å². The first-order chi connectivity index (χ1) is 13.5. The molecule has 0 saturated carbocycles. The van der Waals surface area contributed by atoms with E-state index in [-0.39, 0.29) is 17.6 Å². The first-order valence-electron chi connectivity index (χ1n) is 9.24. The van der Waals surface area contributed by atoms with Crippen LogP contribution in [0.3, 0.4) is 0 Å². The molecule has 0 spiro atoms. The minimum Gasteiger partial charge on any atom is -0.496 e. The summed E-state index contributed by atoms with van der Waals surface area (Å²) in [7, 11) is 3.45. The molecule has 4 rings (SSSR count). The summed E-state index contributed by atoms with van der Waals surface area (Å²) in [4.78, 5) is 13.7. The number of aromatic nitrogens is 2. The summed E-state index contributed by atoms with van der Waals surface area (Å²) < 4.78 is 21.7. The molecular formula is C22H22FN3O2. The van der Waals surface area contributed by atoms with E-state index in [1.54, 1.807) is 12.1 Å². The van der Waals surface area contributed by atoms with Gasteiger partial charge in [-0.1, -0.05) is 24.8 Å². The van der Waals surface area contributed by atoms with E-state index in [1.807, 2.05) is 34.8 Å². The number of carbonyl (C=O) groups excluding carboxylic acids is 1. The van der Waals surface area contributed by atoms with Crippen molar-refractivity contribution in [1.29, 1.82) is 0 Å². The Morgan fingerprint density at radius 2 is 2.18 bits per heavy atom. The molecule has 6 heteroatoms. The van der Waals surface area contributed by atoms with E-state index in [2.05, 4.69) is 11.7 Å². The molecule has 0 radical (unpaired) electrons. The van der Waals surface area contributed by atoms with Crippen molar-refractivity contribution in [3.05, 3.63) is 60.6 Å². The van der Waals surface area contributed by atoms with Gasteiger partial charge in [-0.15, -0.1) is 0 Å². The molecule has 0 N–H and O–H groups in total. The Morgan fingerprint density at radius 1 is 1.36 bits per heavy atom. The van der Waals surface area contributed by atoms with Crippen LogP contribution in [-0.2, 0) is 11.8 Å². The van der Waals surface area contributed by atoms with E-state index in [0.29, 0.717) is 24.4 Å². The second-order valence-corrected chi connectivity index (χ2v) is 7.03. The lowest BCUT2D eigenvalue weighted by Gasteiger charge is -2.15. The highest BCUT2D eigenvalue weighted by atomic mass is 19.1. The minimum atomic E-state index is -0.329. The molecule has 5 nitrogen and oxygen atoms in total. The van der Waals surface area contributed by atoms with Gasteiger partial charge >= 0.3 is 0 Å². The third-order valence-electron chi connectivity index (χ3n) is 5.43. The fraction of sp³-hybridized carbons (Fsp3) is 0.273. The average molecular weight is 379 g/mol. The van der Waals surface area contributed by atoms with E-state index in [9.17, 15) is 9.18 Å². The summed E-state index contributed by atoms with van der Waals surface area (Å²) >= 11 is 0. The SMILES string of the molecule is C=CC(=O)N1CCC(c2c3ccc(-c4c(F)cccc4OC)cc3nn2C)C1. The topological polar surface area (TPSA) is 47.4 Å². The van der Waals surface area contributed by atoms with Crippen LogP contribution in [0, 0.1) is 5.82 Å². The summed E-state index contributed by atoms with van der Waals surface area (Å²) in [5, 5.41) is 5.68. The van der Waals surface area contributed by atoms with Crippen LogP contribution < -0.4 is 4.74 Å². The van der Waals surface area contributed by atoms with Gasteiger partial charge in [0, 0.05) is 31.4 Å². The number of hydrogen-bond donors (Lipinski definition) is 0. The van der Waals surface area contributed by atoms with E-state index < -0.39 is 0 Å². The Labute approximate surface area is 163 Å². The van der Waals surface area contributed by atoms with Gasteiger partial charge in [0.05, 0.1) is 23.9 Å².